The topological polar surface area (TPSA) is 37.3 Å². The number of carbonyl (C=O) groups excluding carboxylic acids is 1. The van der Waals surface area contributed by atoms with Gasteiger partial charge in [0.2, 0.25) is 0 Å². The van der Waals surface area contributed by atoms with Crippen LogP contribution < -0.4 is 0 Å². The van der Waals surface area contributed by atoms with E-state index in [9.17, 15) is 9.90 Å². The highest BCUT2D eigenvalue weighted by Gasteiger charge is 2.64. The number of fused-ring (bicyclic) bond motifs is 1. The average Bonchev–Trinajstić information content (AvgIpc) is 3.10. The quantitative estimate of drug-likeness (QED) is 0.823. The molecule has 1 N–H and O–H groups in total. The van der Waals surface area contributed by atoms with Gasteiger partial charge in [0, 0.05) is 11.0 Å². The fourth-order valence-corrected chi connectivity index (χ4v) is 3.99. The van der Waals surface area contributed by atoms with E-state index in [4.69, 9.17) is 0 Å². The molecule has 2 nitrogen and oxygen atoms in total. The van der Waals surface area contributed by atoms with Crippen molar-refractivity contribution in [2.75, 3.05) is 0 Å². The monoisotopic (exact) mass is 258 g/mol. The van der Waals surface area contributed by atoms with Gasteiger partial charge in [0.05, 0.1) is 0 Å². The smallest absolute Gasteiger partial charge is 0.195 e. The van der Waals surface area contributed by atoms with E-state index >= 15 is 0 Å². The molecule has 0 unspecified atom stereocenters. The summed E-state index contributed by atoms with van der Waals surface area (Å²) >= 11 is 0. The van der Waals surface area contributed by atoms with Crippen molar-refractivity contribution in [3.05, 3.63) is 33.9 Å². The zero-order valence-electron chi connectivity index (χ0n) is 12.3. The van der Waals surface area contributed by atoms with Crippen LogP contribution in [0.2, 0.25) is 0 Å². The lowest BCUT2D eigenvalue weighted by atomic mass is 9.67. The summed E-state index contributed by atoms with van der Waals surface area (Å²) in [5, 5.41) is 10.7. The van der Waals surface area contributed by atoms with Crippen LogP contribution >= 0.6 is 0 Å². The van der Waals surface area contributed by atoms with Crippen molar-refractivity contribution >= 4 is 5.78 Å². The van der Waals surface area contributed by atoms with Gasteiger partial charge in [-0.2, -0.15) is 0 Å². The van der Waals surface area contributed by atoms with Crippen molar-refractivity contribution in [3.63, 3.8) is 0 Å². The highest BCUT2D eigenvalue weighted by Crippen LogP contribution is 2.65. The van der Waals surface area contributed by atoms with Crippen molar-refractivity contribution < 1.29 is 9.90 Å². The van der Waals surface area contributed by atoms with E-state index in [0.29, 0.717) is 0 Å². The Bertz CT molecular complexity index is 566. The molecule has 0 amide bonds. The first-order valence-electron chi connectivity index (χ1n) is 7.27. The van der Waals surface area contributed by atoms with Crippen LogP contribution in [0.3, 0.4) is 0 Å². The van der Waals surface area contributed by atoms with Gasteiger partial charge in [0.1, 0.15) is 5.60 Å². The lowest BCUT2D eigenvalue weighted by Crippen LogP contribution is -2.49. The van der Waals surface area contributed by atoms with Crippen LogP contribution in [0.1, 0.15) is 53.4 Å². The van der Waals surface area contributed by atoms with Gasteiger partial charge in [-0.15, -0.1) is 0 Å². The van der Waals surface area contributed by atoms with Crippen molar-refractivity contribution in [1.82, 2.24) is 0 Å². The Hall–Kier alpha value is -1.15. The lowest BCUT2D eigenvalue weighted by molar-refractivity contribution is -0.137. The van der Waals surface area contributed by atoms with Gasteiger partial charge in [-0.25, -0.2) is 0 Å². The van der Waals surface area contributed by atoms with E-state index in [1.54, 1.807) is 6.92 Å². The van der Waals surface area contributed by atoms with E-state index in [-0.39, 0.29) is 11.2 Å². The molecule has 3 aliphatic rings. The molecule has 0 aromatic rings. The Balaban J connectivity index is 2.21. The number of hydrogen-bond acceptors (Lipinski definition) is 2. The van der Waals surface area contributed by atoms with Crippen molar-refractivity contribution in [2.24, 2.45) is 5.41 Å². The van der Waals surface area contributed by atoms with Gasteiger partial charge in [-0.3, -0.25) is 4.79 Å². The van der Waals surface area contributed by atoms with Gasteiger partial charge >= 0.3 is 0 Å². The average molecular weight is 258 g/mol. The predicted octanol–water partition coefficient (Wildman–Crippen LogP) is 3.47. The van der Waals surface area contributed by atoms with Crippen molar-refractivity contribution in [2.45, 2.75) is 59.0 Å². The van der Waals surface area contributed by atoms with Gasteiger partial charge < -0.3 is 5.11 Å². The zero-order chi connectivity index (χ0) is 14.0. The number of aliphatic hydroxyl groups is 1. The molecular weight excluding hydrogens is 236 g/mol. The second kappa shape index (κ2) is 3.69. The molecule has 2 heteroatoms. The molecule has 1 atom stereocenters. The minimum atomic E-state index is -1.21. The molecule has 0 bridgehead atoms. The molecular formula is C17H22O2. The highest BCUT2D eigenvalue weighted by molar-refractivity contribution is 6.10. The molecule has 3 aliphatic carbocycles. The fraction of sp³-hybridized carbons (Fsp3) is 0.588. The Labute approximate surface area is 114 Å². The number of ketones is 1. The largest absolute Gasteiger partial charge is 0.381 e. The molecule has 1 fully saturated rings. The van der Waals surface area contributed by atoms with Gasteiger partial charge in [-0.05, 0) is 62.8 Å². The molecule has 0 aromatic carbocycles. The van der Waals surface area contributed by atoms with Crippen LogP contribution in [0.5, 0.6) is 0 Å². The Kier molecular flexibility index (Phi) is 2.50. The molecule has 19 heavy (non-hydrogen) atoms. The van der Waals surface area contributed by atoms with Gasteiger partial charge in [0.25, 0.3) is 0 Å². The van der Waals surface area contributed by atoms with Crippen molar-refractivity contribution in [1.29, 1.82) is 0 Å². The van der Waals surface area contributed by atoms with E-state index in [0.717, 1.165) is 36.8 Å². The molecule has 102 valence electrons. The SMILES string of the molecule is CCCC1=C(C)C=C2C(=O)[C@](C)(O)C3(CC3)C(C)=C21. The summed E-state index contributed by atoms with van der Waals surface area (Å²) in [6.07, 6.45) is 5.96. The summed E-state index contributed by atoms with van der Waals surface area (Å²) in [5.41, 5.74) is 4.19. The van der Waals surface area contributed by atoms with Crippen LogP contribution in [0, 0.1) is 5.41 Å². The lowest BCUT2D eigenvalue weighted by Gasteiger charge is -2.39. The summed E-state index contributed by atoms with van der Waals surface area (Å²) in [7, 11) is 0. The first kappa shape index (κ1) is 12.9. The summed E-state index contributed by atoms with van der Waals surface area (Å²) < 4.78 is 0. The second-order valence-corrected chi connectivity index (χ2v) is 6.45. The van der Waals surface area contributed by atoms with E-state index in [1.807, 2.05) is 6.08 Å². The van der Waals surface area contributed by atoms with E-state index < -0.39 is 5.60 Å². The minimum absolute atomic E-state index is 0.0731. The third-order valence-corrected chi connectivity index (χ3v) is 5.37. The first-order valence-corrected chi connectivity index (χ1v) is 7.27. The number of hydrogen-bond donors (Lipinski definition) is 1. The standard InChI is InChI=1S/C17H22O2/c1-5-6-12-10(2)9-13-14(12)11(3)17(7-8-17)16(4,19)15(13)18/h9,19H,5-8H2,1-4H3/t16-/m0/s1. The number of Topliss-reactive ketones (excluding diaryl/α,β-unsaturated/α-hetero) is 1. The number of allylic oxidation sites excluding steroid dienone is 4. The van der Waals surface area contributed by atoms with E-state index in [1.165, 1.54) is 16.7 Å². The van der Waals surface area contributed by atoms with E-state index in [2.05, 4.69) is 20.8 Å². The maximum Gasteiger partial charge on any atom is 0.195 e. The zero-order valence-corrected chi connectivity index (χ0v) is 12.3. The molecule has 1 spiro atoms. The number of rotatable bonds is 2. The number of carbonyl (C=O) groups is 1. The summed E-state index contributed by atoms with van der Waals surface area (Å²) in [6, 6.07) is 0. The van der Waals surface area contributed by atoms with Gasteiger partial charge in [-0.1, -0.05) is 18.9 Å². The van der Waals surface area contributed by atoms with Crippen LogP contribution in [0.15, 0.2) is 33.9 Å². The fourth-order valence-electron chi connectivity index (χ4n) is 3.99. The summed E-state index contributed by atoms with van der Waals surface area (Å²) in [4.78, 5) is 12.6. The Morgan fingerprint density at radius 3 is 2.47 bits per heavy atom. The van der Waals surface area contributed by atoms with Crippen LogP contribution in [-0.2, 0) is 4.79 Å². The Morgan fingerprint density at radius 1 is 1.32 bits per heavy atom. The summed E-state index contributed by atoms with van der Waals surface area (Å²) in [6.45, 7) is 8.07. The third kappa shape index (κ3) is 1.38. The molecule has 0 aliphatic heterocycles. The maximum absolute atomic E-state index is 12.6. The third-order valence-electron chi connectivity index (χ3n) is 5.37. The van der Waals surface area contributed by atoms with Crippen LogP contribution in [-0.4, -0.2) is 16.5 Å². The maximum atomic E-state index is 12.6. The van der Waals surface area contributed by atoms with Crippen LogP contribution in [0.25, 0.3) is 0 Å². The molecule has 3 rings (SSSR count). The molecule has 0 radical (unpaired) electrons. The molecule has 0 saturated heterocycles. The second-order valence-electron chi connectivity index (χ2n) is 6.45. The summed E-state index contributed by atoms with van der Waals surface area (Å²) in [5.74, 6) is -0.0731. The molecule has 1 saturated carbocycles. The molecule has 0 aromatic heterocycles. The van der Waals surface area contributed by atoms with Gasteiger partial charge in [0.15, 0.2) is 5.78 Å². The van der Waals surface area contributed by atoms with Crippen molar-refractivity contribution in [3.8, 4) is 0 Å². The first-order chi connectivity index (χ1) is 8.87. The Morgan fingerprint density at radius 2 is 1.95 bits per heavy atom. The minimum Gasteiger partial charge on any atom is -0.381 e. The predicted molar refractivity (Wildman–Crippen MR) is 75.7 cm³/mol. The normalized spacial score (nSPS) is 32.1. The molecule has 0 heterocycles. The highest BCUT2D eigenvalue weighted by atomic mass is 16.3. The van der Waals surface area contributed by atoms with Crippen LogP contribution in [0.4, 0.5) is 0 Å².